The Balaban J connectivity index is 2.21. The molecule has 8 heteroatoms. The third-order valence-corrected chi connectivity index (χ3v) is 4.83. The topological polar surface area (TPSA) is 46.2 Å². The molecule has 0 unspecified atom stereocenters. The van der Waals surface area contributed by atoms with E-state index in [-0.39, 0.29) is 17.0 Å². The highest BCUT2D eigenvalue weighted by Crippen LogP contribution is 2.35. The first-order valence-corrected chi connectivity index (χ1v) is 8.38. The van der Waals surface area contributed by atoms with Crippen molar-refractivity contribution < 1.29 is 21.6 Å². The van der Waals surface area contributed by atoms with Crippen molar-refractivity contribution in [3.63, 3.8) is 0 Å². The summed E-state index contributed by atoms with van der Waals surface area (Å²) >= 11 is 5.53. The van der Waals surface area contributed by atoms with E-state index in [1.54, 1.807) is 19.1 Å². The van der Waals surface area contributed by atoms with Crippen molar-refractivity contribution in [2.24, 2.45) is 0 Å². The standard InChI is InChI=1S/C15H13ClF3NO2S/c1-10-3-2-4-12(7-10)23(21,22)20-9-11-5-6-14(16)13(8-11)15(17,18)19/h2-8,20H,9H2,1H3. The third-order valence-electron chi connectivity index (χ3n) is 3.10. The van der Waals surface area contributed by atoms with E-state index < -0.39 is 26.8 Å². The summed E-state index contributed by atoms with van der Waals surface area (Å²) in [6, 6.07) is 9.50. The largest absolute Gasteiger partial charge is 0.417 e. The van der Waals surface area contributed by atoms with Gasteiger partial charge in [-0.1, -0.05) is 29.8 Å². The summed E-state index contributed by atoms with van der Waals surface area (Å²) < 4.78 is 64.9. The molecule has 3 nitrogen and oxygen atoms in total. The van der Waals surface area contributed by atoms with E-state index in [1.165, 1.54) is 18.2 Å². The van der Waals surface area contributed by atoms with Crippen molar-refractivity contribution >= 4 is 21.6 Å². The molecule has 0 atom stereocenters. The molecule has 23 heavy (non-hydrogen) atoms. The van der Waals surface area contributed by atoms with Crippen LogP contribution in [-0.2, 0) is 22.7 Å². The average Bonchev–Trinajstić information content (AvgIpc) is 2.45. The lowest BCUT2D eigenvalue weighted by molar-refractivity contribution is -0.137. The van der Waals surface area contributed by atoms with Gasteiger partial charge in [-0.25, -0.2) is 13.1 Å². The minimum absolute atomic E-state index is 0.0579. The van der Waals surface area contributed by atoms with Gasteiger partial charge in [0, 0.05) is 6.54 Å². The van der Waals surface area contributed by atoms with Crippen LogP contribution in [0.25, 0.3) is 0 Å². The lowest BCUT2D eigenvalue weighted by Crippen LogP contribution is -2.23. The predicted octanol–water partition coefficient (Wildman–Crippen LogP) is 4.15. The van der Waals surface area contributed by atoms with E-state index in [4.69, 9.17) is 11.6 Å². The Hall–Kier alpha value is -1.57. The summed E-state index contributed by atoms with van der Waals surface area (Å²) in [5.74, 6) is 0. The monoisotopic (exact) mass is 363 g/mol. The lowest BCUT2D eigenvalue weighted by atomic mass is 10.1. The Morgan fingerprint density at radius 1 is 1.13 bits per heavy atom. The fraction of sp³-hybridized carbons (Fsp3) is 0.200. The highest BCUT2D eigenvalue weighted by Gasteiger charge is 2.33. The van der Waals surface area contributed by atoms with Gasteiger partial charge in [0.2, 0.25) is 10.0 Å². The fourth-order valence-corrected chi connectivity index (χ4v) is 3.29. The first-order chi connectivity index (χ1) is 10.6. The normalized spacial score (nSPS) is 12.4. The number of nitrogens with one attached hydrogen (secondary N) is 1. The number of sulfonamides is 1. The Morgan fingerprint density at radius 3 is 2.43 bits per heavy atom. The van der Waals surface area contributed by atoms with Gasteiger partial charge < -0.3 is 0 Å². The van der Waals surface area contributed by atoms with Crippen molar-refractivity contribution in [3.05, 3.63) is 64.2 Å². The molecule has 1 N–H and O–H groups in total. The molecule has 124 valence electrons. The van der Waals surface area contributed by atoms with E-state index in [9.17, 15) is 21.6 Å². The average molecular weight is 364 g/mol. The van der Waals surface area contributed by atoms with Crippen LogP contribution < -0.4 is 4.72 Å². The van der Waals surface area contributed by atoms with Crippen LogP contribution >= 0.6 is 11.6 Å². The van der Waals surface area contributed by atoms with Gasteiger partial charge in [0.1, 0.15) is 0 Å². The molecule has 2 rings (SSSR count). The maximum absolute atomic E-state index is 12.8. The van der Waals surface area contributed by atoms with Crippen LogP contribution in [0.15, 0.2) is 47.4 Å². The summed E-state index contributed by atoms with van der Waals surface area (Å²) in [6.07, 6.45) is -4.59. The summed E-state index contributed by atoms with van der Waals surface area (Å²) in [7, 11) is -3.80. The van der Waals surface area contributed by atoms with Gasteiger partial charge in [0.05, 0.1) is 15.5 Å². The van der Waals surface area contributed by atoms with Gasteiger partial charge in [-0.15, -0.1) is 0 Å². The predicted molar refractivity (Wildman–Crippen MR) is 81.7 cm³/mol. The second-order valence-electron chi connectivity index (χ2n) is 4.95. The highest BCUT2D eigenvalue weighted by atomic mass is 35.5. The minimum Gasteiger partial charge on any atom is -0.207 e. The van der Waals surface area contributed by atoms with Crippen LogP contribution in [-0.4, -0.2) is 8.42 Å². The number of halogens is 4. The van der Waals surface area contributed by atoms with Crippen molar-refractivity contribution in [1.82, 2.24) is 4.72 Å². The molecule has 0 aliphatic rings. The van der Waals surface area contributed by atoms with Crippen molar-refractivity contribution in [1.29, 1.82) is 0 Å². The number of hydrogen-bond acceptors (Lipinski definition) is 2. The highest BCUT2D eigenvalue weighted by molar-refractivity contribution is 7.89. The molecule has 0 heterocycles. The van der Waals surface area contributed by atoms with Gasteiger partial charge in [-0.2, -0.15) is 13.2 Å². The molecule has 0 aliphatic heterocycles. The third kappa shape index (κ3) is 4.46. The molecule has 2 aromatic carbocycles. The zero-order valence-electron chi connectivity index (χ0n) is 12.0. The fourth-order valence-electron chi connectivity index (χ4n) is 1.94. The zero-order valence-corrected chi connectivity index (χ0v) is 13.6. The van der Waals surface area contributed by atoms with E-state index >= 15 is 0 Å². The first-order valence-electron chi connectivity index (χ1n) is 6.51. The molecule has 0 spiro atoms. The number of aryl methyl sites for hydroxylation is 1. The van der Waals surface area contributed by atoms with E-state index in [1.807, 2.05) is 0 Å². The maximum atomic E-state index is 12.8. The lowest BCUT2D eigenvalue weighted by Gasteiger charge is -2.12. The maximum Gasteiger partial charge on any atom is 0.417 e. The first kappa shape index (κ1) is 17.8. The number of rotatable bonds is 4. The Kier molecular flexibility index (Phi) is 5.03. The summed E-state index contributed by atoms with van der Waals surface area (Å²) in [4.78, 5) is 0.0579. The van der Waals surface area contributed by atoms with Crippen molar-refractivity contribution in [3.8, 4) is 0 Å². The van der Waals surface area contributed by atoms with Gasteiger partial charge in [-0.3, -0.25) is 0 Å². The van der Waals surface area contributed by atoms with Crippen LogP contribution in [0.2, 0.25) is 5.02 Å². The minimum atomic E-state index is -4.59. The van der Waals surface area contributed by atoms with Crippen LogP contribution in [0.1, 0.15) is 16.7 Å². The van der Waals surface area contributed by atoms with E-state index in [0.29, 0.717) is 0 Å². The molecule has 0 aliphatic carbocycles. The molecule has 0 saturated heterocycles. The second-order valence-corrected chi connectivity index (χ2v) is 7.13. The van der Waals surface area contributed by atoms with E-state index in [2.05, 4.69) is 4.72 Å². The molecule has 0 bridgehead atoms. The van der Waals surface area contributed by atoms with Gasteiger partial charge in [-0.05, 0) is 42.3 Å². The Labute approximate surface area is 137 Å². The molecule has 0 fully saturated rings. The van der Waals surface area contributed by atoms with Crippen LogP contribution in [0.5, 0.6) is 0 Å². The molecule has 0 radical (unpaired) electrons. The summed E-state index contributed by atoms with van der Waals surface area (Å²) in [5, 5.41) is -0.428. The molecular weight excluding hydrogens is 351 g/mol. The number of hydrogen-bond donors (Lipinski definition) is 1. The smallest absolute Gasteiger partial charge is 0.207 e. The molecule has 0 amide bonds. The Bertz CT molecular complexity index is 820. The van der Waals surface area contributed by atoms with Crippen LogP contribution in [0, 0.1) is 6.92 Å². The number of benzene rings is 2. The van der Waals surface area contributed by atoms with Crippen LogP contribution in [0.4, 0.5) is 13.2 Å². The van der Waals surface area contributed by atoms with Gasteiger partial charge in [0.15, 0.2) is 0 Å². The SMILES string of the molecule is Cc1cccc(S(=O)(=O)NCc2ccc(Cl)c(C(F)(F)F)c2)c1. The molecular formula is C15H13ClF3NO2S. The van der Waals surface area contributed by atoms with Crippen molar-refractivity contribution in [2.75, 3.05) is 0 Å². The van der Waals surface area contributed by atoms with E-state index in [0.717, 1.165) is 17.7 Å². The summed E-state index contributed by atoms with van der Waals surface area (Å²) in [6.45, 7) is 1.48. The van der Waals surface area contributed by atoms with Gasteiger partial charge in [0.25, 0.3) is 0 Å². The summed E-state index contributed by atoms with van der Waals surface area (Å²) in [5.41, 5.74) is -0.0666. The van der Waals surface area contributed by atoms with Gasteiger partial charge >= 0.3 is 6.18 Å². The zero-order chi connectivity index (χ0) is 17.3. The molecule has 2 aromatic rings. The van der Waals surface area contributed by atoms with Crippen LogP contribution in [0.3, 0.4) is 0 Å². The number of alkyl halides is 3. The Morgan fingerprint density at radius 2 is 1.83 bits per heavy atom. The molecule has 0 aromatic heterocycles. The quantitative estimate of drug-likeness (QED) is 0.887. The molecule has 0 saturated carbocycles. The van der Waals surface area contributed by atoms with Crippen molar-refractivity contribution in [2.45, 2.75) is 24.5 Å². The second kappa shape index (κ2) is 6.51.